The topological polar surface area (TPSA) is 43.1 Å². The minimum atomic E-state index is 0.217. The van der Waals surface area contributed by atoms with Crippen LogP contribution >= 0.6 is 0 Å². The smallest absolute Gasteiger partial charge is 0.134 e. The predicted octanol–water partition coefficient (Wildman–Crippen LogP) is 4.10. The zero-order valence-corrected chi connectivity index (χ0v) is 13.6. The van der Waals surface area contributed by atoms with E-state index in [1.807, 2.05) is 6.07 Å². The predicted molar refractivity (Wildman–Crippen MR) is 91.3 cm³/mol. The van der Waals surface area contributed by atoms with Crippen LogP contribution in [0.5, 0.6) is 0 Å². The molecule has 0 bridgehead atoms. The number of hydrogen-bond donors (Lipinski definition) is 1. The number of benzene rings is 2. The van der Waals surface area contributed by atoms with E-state index in [1.54, 1.807) is 6.92 Å². The lowest BCUT2D eigenvalue weighted by molar-refractivity contribution is -0.116. The second-order valence-electron chi connectivity index (χ2n) is 6.50. The Morgan fingerprint density at radius 1 is 1.14 bits per heavy atom. The van der Waals surface area contributed by atoms with Crippen molar-refractivity contribution in [2.45, 2.75) is 46.0 Å². The number of nitrogen functional groups attached to an aromatic ring is 1. The van der Waals surface area contributed by atoms with E-state index in [2.05, 4.69) is 38.1 Å². The minimum Gasteiger partial charge on any atom is -0.399 e. The Morgan fingerprint density at radius 2 is 1.91 bits per heavy atom. The van der Waals surface area contributed by atoms with Crippen LogP contribution in [0.4, 0.5) is 5.69 Å². The summed E-state index contributed by atoms with van der Waals surface area (Å²) in [5, 5.41) is 0. The molecule has 114 valence electrons. The van der Waals surface area contributed by atoms with Gasteiger partial charge in [0.25, 0.3) is 0 Å². The third-order valence-corrected chi connectivity index (χ3v) is 4.99. The molecule has 1 aliphatic carbocycles. The first-order chi connectivity index (χ1) is 10.5. The second kappa shape index (κ2) is 5.60. The summed E-state index contributed by atoms with van der Waals surface area (Å²) in [6.45, 7) is 5.91. The summed E-state index contributed by atoms with van der Waals surface area (Å²) in [5.41, 5.74) is 14.7. The van der Waals surface area contributed by atoms with Gasteiger partial charge in [-0.15, -0.1) is 0 Å². The zero-order chi connectivity index (χ0) is 15.9. The fourth-order valence-corrected chi connectivity index (χ4v) is 3.61. The molecule has 3 rings (SSSR count). The van der Waals surface area contributed by atoms with E-state index in [0.29, 0.717) is 12.3 Å². The highest BCUT2D eigenvalue weighted by molar-refractivity contribution is 5.78. The first-order valence-electron chi connectivity index (χ1n) is 7.94. The third kappa shape index (κ3) is 2.54. The van der Waals surface area contributed by atoms with E-state index in [0.717, 1.165) is 24.1 Å². The van der Waals surface area contributed by atoms with Gasteiger partial charge in [0, 0.05) is 18.0 Å². The number of fused-ring (bicyclic) bond motifs is 1. The first-order valence-corrected chi connectivity index (χ1v) is 7.94. The summed E-state index contributed by atoms with van der Waals surface area (Å²) >= 11 is 0. The van der Waals surface area contributed by atoms with Gasteiger partial charge in [-0.25, -0.2) is 0 Å². The van der Waals surface area contributed by atoms with Gasteiger partial charge in [0.1, 0.15) is 5.78 Å². The van der Waals surface area contributed by atoms with E-state index in [4.69, 9.17) is 5.73 Å². The number of Topliss-reactive ketones (excluding diaryl/α,β-unsaturated/α-hetero) is 1. The SMILES string of the molecule is CC(=O)Cc1ccc2c(c1)C(c1ccc(N)c(C)c1C)CC2. The van der Waals surface area contributed by atoms with Crippen LogP contribution < -0.4 is 5.73 Å². The van der Waals surface area contributed by atoms with Crippen LogP contribution in [-0.2, 0) is 17.6 Å². The highest BCUT2D eigenvalue weighted by Gasteiger charge is 2.26. The maximum Gasteiger partial charge on any atom is 0.134 e. The van der Waals surface area contributed by atoms with Gasteiger partial charge in [-0.2, -0.15) is 0 Å². The van der Waals surface area contributed by atoms with E-state index in [9.17, 15) is 4.79 Å². The van der Waals surface area contributed by atoms with Gasteiger partial charge in [-0.05, 0) is 73.1 Å². The van der Waals surface area contributed by atoms with Gasteiger partial charge in [-0.3, -0.25) is 4.79 Å². The van der Waals surface area contributed by atoms with Crippen molar-refractivity contribution in [2.75, 3.05) is 5.73 Å². The summed E-state index contributed by atoms with van der Waals surface area (Å²) in [6, 6.07) is 10.7. The number of rotatable bonds is 3. The summed E-state index contributed by atoms with van der Waals surface area (Å²) in [4.78, 5) is 11.4. The zero-order valence-electron chi connectivity index (χ0n) is 13.6. The lowest BCUT2D eigenvalue weighted by Gasteiger charge is -2.18. The highest BCUT2D eigenvalue weighted by Crippen LogP contribution is 2.41. The van der Waals surface area contributed by atoms with E-state index in [-0.39, 0.29) is 5.78 Å². The number of carbonyl (C=O) groups is 1. The first kappa shape index (κ1) is 14.8. The van der Waals surface area contributed by atoms with Crippen molar-refractivity contribution >= 4 is 11.5 Å². The number of hydrogen-bond acceptors (Lipinski definition) is 2. The minimum absolute atomic E-state index is 0.217. The van der Waals surface area contributed by atoms with Crippen molar-refractivity contribution in [2.24, 2.45) is 0 Å². The molecule has 1 atom stereocenters. The number of nitrogens with two attached hydrogens (primary N) is 1. The van der Waals surface area contributed by atoms with Gasteiger partial charge in [0.05, 0.1) is 0 Å². The molecular weight excluding hydrogens is 270 g/mol. The molecule has 0 heterocycles. The Bertz CT molecular complexity index is 746. The van der Waals surface area contributed by atoms with Crippen molar-refractivity contribution in [1.29, 1.82) is 0 Å². The van der Waals surface area contributed by atoms with E-state index in [1.165, 1.54) is 27.8 Å². The van der Waals surface area contributed by atoms with Crippen LogP contribution in [0.2, 0.25) is 0 Å². The molecule has 0 saturated carbocycles. The Morgan fingerprint density at radius 3 is 2.64 bits per heavy atom. The van der Waals surface area contributed by atoms with Crippen molar-refractivity contribution in [3.8, 4) is 0 Å². The van der Waals surface area contributed by atoms with Gasteiger partial charge >= 0.3 is 0 Å². The Kier molecular flexibility index (Phi) is 3.78. The highest BCUT2D eigenvalue weighted by atomic mass is 16.1. The number of ketones is 1. The fraction of sp³-hybridized carbons (Fsp3) is 0.350. The molecule has 2 aromatic carbocycles. The molecular formula is C20H23NO. The molecule has 2 nitrogen and oxygen atoms in total. The summed E-state index contributed by atoms with van der Waals surface area (Å²) in [6.07, 6.45) is 2.78. The third-order valence-electron chi connectivity index (χ3n) is 4.99. The van der Waals surface area contributed by atoms with Crippen LogP contribution in [-0.4, -0.2) is 5.78 Å². The lowest BCUT2D eigenvalue weighted by atomic mass is 9.87. The monoisotopic (exact) mass is 293 g/mol. The summed E-state index contributed by atoms with van der Waals surface area (Å²) in [7, 11) is 0. The fourth-order valence-electron chi connectivity index (χ4n) is 3.61. The Labute approximate surface area is 132 Å². The van der Waals surface area contributed by atoms with Crippen LogP contribution in [0.25, 0.3) is 0 Å². The van der Waals surface area contributed by atoms with Crippen molar-refractivity contribution < 1.29 is 4.79 Å². The molecule has 0 spiro atoms. The number of anilines is 1. The van der Waals surface area contributed by atoms with Crippen molar-refractivity contribution in [1.82, 2.24) is 0 Å². The number of aryl methyl sites for hydroxylation is 1. The van der Waals surface area contributed by atoms with Crippen molar-refractivity contribution in [3.05, 3.63) is 63.7 Å². The van der Waals surface area contributed by atoms with E-state index >= 15 is 0 Å². The van der Waals surface area contributed by atoms with Crippen LogP contribution in [0.3, 0.4) is 0 Å². The standard InChI is InChI=1S/C20H23NO/c1-12(22)10-15-4-5-16-6-7-18(19(16)11-15)17-8-9-20(21)14(3)13(17)2/h4-5,8-9,11,18H,6-7,10,21H2,1-3H3. The van der Waals surface area contributed by atoms with Gasteiger partial charge < -0.3 is 5.73 Å². The Hall–Kier alpha value is -2.09. The lowest BCUT2D eigenvalue weighted by Crippen LogP contribution is -2.04. The molecule has 0 amide bonds. The molecule has 2 N–H and O–H groups in total. The average Bonchev–Trinajstić information content (AvgIpc) is 2.87. The number of carbonyl (C=O) groups excluding carboxylic acids is 1. The van der Waals surface area contributed by atoms with Gasteiger partial charge in [0.15, 0.2) is 0 Å². The quantitative estimate of drug-likeness (QED) is 0.866. The van der Waals surface area contributed by atoms with Crippen LogP contribution in [0.15, 0.2) is 30.3 Å². The average molecular weight is 293 g/mol. The van der Waals surface area contributed by atoms with Gasteiger partial charge in [-0.1, -0.05) is 24.3 Å². The molecule has 0 radical (unpaired) electrons. The maximum atomic E-state index is 11.4. The molecule has 1 aliphatic rings. The second-order valence-corrected chi connectivity index (χ2v) is 6.50. The van der Waals surface area contributed by atoms with E-state index < -0.39 is 0 Å². The maximum absolute atomic E-state index is 11.4. The molecule has 2 aromatic rings. The van der Waals surface area contributed by atoms with Gasteiger partial charge in [0.2, 0.25) is 0 Å². The summed E-state index contributed by atoms with van der Waals surface area (Å²) in [5.74, 6) is 0.648. The molecule has 2 heteroatoms. The normalized spacial score (nSPS) is 16.6. The largest absolute Gasteiger partial charge is 0.399 e. The molecule has 0 saturated heterocycles. The molecule has 0 aromatic heterocycles. The van der Waals surface area contributed by atoms with Crippen LogP contribution in [0.1, 0.15) is 52.6 Å². The molecule has 0 fully saturated rings. The molecule has 0 aliphatic heterocycles. The summed E-state index contributed by atoms with van der Waals surface area (Å²) < 4.78 is 0. The van der Waals surface area contributed by atoms with Crippen LogP contribution in [0, 0.1) is 13.8 Å². The van der Waals surface area contributed by atoms with Crippen molar-refractivity contribution in [3.63, 3.8) is 0 Å². The Balaban J connectivity index is 2.03. The molecule has 22 heavy (non-hydrogen) atoms. The molecule has 1 unspecified atom stereocenters.